The quantitative estimate of drug-likeness (QED) is 0.715. The highest BCUT2D eigenvalue weighted by molar-refractivity contribution is 5.09. The van der Waals surface area contributed by atoms with Crippen LogP contribution >= 0.6 is 0 Å². The molecule has 13 heavy (non-hydrogen) atoms. The van der Waals surface area contributed by atoms with E-state index in [1.165, 1.54) is 0 Å². The number of aliphatic hydroxyl groups is 1. The number of nitrogens with zero attached hydrogens (tertiary/aromatic N) is 2. The van der Waals surface area contributed by atoms with E-state index in [1.807, 2.05) is 10.9 Å². The molecule has 1 aromatic rings. The Balaban J connectivity index is 2.63. The third kappa shape index (κ3) is 2.82. The fourth-order valence-corrected chi connectivity index (χ4v) is 1.15. The molecule has 0 fully saturated rings. The van der Waals surface area contributed by atoms with E-state index in [4.69, 9.17) is 10.8 Å². The topological polar surface area (TPSA) is 64.1 Å². The number of hydrogen-bond acceptors (Lipinski definition) is 3. The maximum absolute atomic E-state index is 8.82. The molecule has 1 aromatic heterocycles. The first-order valence-corrected chi connectivity index (χ1v) is 4.52. The summed E-state index contributed by atoms with van der Waals surface area (Å²) < 4.78 is 1.86. The molecular formula is C9H17N3O. The SMILES string of the molecule is CC(C)Cn1cc([C@H](N)CO)cn1. The minimum atomic E-state index is -0.305. The molecule has 0 bridgehead atoms. The summed E-state index contributed by atoms with van der Waals surface area (Å²) in [6.45, 7) is 5.12. The van der Waals surface area contributed by atoms with Crippen LogP contribution in [0.2, 0.25) is 0 Å². The van der Waals surface area contributed by atoms with Gasteiger partial charge in [-0.3, -0.25) is 4.68 Å². The highest BCUT2D eigenvalue weighted by Crippen LogP contribution is 2.08. The summed E-state index contributed by atoms with van der Waals surface area (Å²) in [7, 11) is 0. The van der Waals surface area contributed by atoms with Gasteiger partial charge in [-0.05, 0) is 5.92 Å². The molecule has 1 rings (SSSR count). The Kier molecular flexibility index (Phi) is 3.45. The molecule has 0 amide bonds. The Morgan fingerprint density at radius 2 is 2.31 bits per heavy atom. The number of hydrogen-bond donors (Lipinski definition) is 2. The lowest BCUT2D eigenvalue weighted by Gasteiger charge is -2.05. The van der Waals surface area contributed by atoms with Gasteiger partial charge in [0.25, 0.3) is 0 Å². The Hall–Kier alpha value is -0.870. The largest absolute Gasteiger partial charge is 0.394 e. The third-order valence-electron chi connectivity index (χ3n) is 1.83. The molecule has 4 nitrogen and oxygen atoms in total. The zero-order valence-corrected chi connectivity index (χ0v) is 8.14. The van der Waals surface area contributed by atoms with Gasteiger partial charge >= 0.3 is 0 Å². The van der Waals surface area contributed by atoms with Crippen molar-refractivity contribution >= 4 is 0 Å². The molecule has 0 aliphatic rings. The molecule has 0 saturated carbocycles. The first-order chi connectivity index (χ1) is 6.13. The van der Waals surface area contributed by atoms with Crippen molar-refractivity contribution in [2.75, 3.05) is 6.61 Å². The van der Waals surface area contributed by atoms with Gasteiger partial charge in [0.1, 0.15) is 0 Å². The minimum absolute atomic E-state index is 0.0344. The van der Waals surface area contributed by atoms with E-state index in [1.54, 1.807) is 6.20 Å². The number of nitrogens with two attached hydrogens (primary N) is 1. The van der Waals surface area contributed by atoms with Crippen molar-refractivity contribution in [2.24, 2.45) is 11.7 Å². The van der Waals surface area contributed by atoms with Crippen LogP contribution in [0.4, 0.5) is 0 Å². The molecule has 0 saturated heterocycles. The lowest BCUT2D eigenvalue weighted by Crippen LogP contribution is -2.13. The van der Waals surface area contributed by atoms with Crippen LogP contribution in [0.15, 0.2) is 12.4 Å². The van der Waals surface area contributed by atoms with Crippen LogP contribution in [0.3, 0.4) is 0 Å². The summed E-state index contributed by atoms with van der Waals surface area (Å²) in [6, 6.07) is -0.305. The molecular weight excluding hydrogens is 166 g/mol. The first kappa shape index (κ1) is 10.2. The summed E-state index contributed by atoms with van der Waals surface area (Å²) in [5.41, 5.74) is 6.53. The fraction of sp³-hybridized carbons (Fsp3) is 0.667. The normalized spacial score (nSPS) is 13.6. The van der Waals surface area contributed by atoms with Crippen molar-refractivity contribution in [3.63, 3.8) is 0 Å². The van der Waals surface area contributed by atoms with Crippen molar-refractivity contribution in [3.05, 3.63) is 18.0 Å². The molecule has 1 heterocycles. The Morgan fingerprint density at radius 3 is 2.85 bits per heavy atom. The van der Waals surface area contributed by atoms with Gasteiger partial charge in [0.15, 0.2) is 0 Å². The van der Waals surface area contributed by atoms with Crippen LogP contribution in [0.1, 0.15) is 25.5 Å². The second-order valence-corrected chi connectivity index (χ2v) is 3.68. The molecule has 0 aliphatic heterocycles. The molecule has 3 N–H and O–H groups in total. The van der Waals surface area contributed by atoms with Crippen LogP contribution in [0, 0.1) is 5.92 Å². The molecule has 0 aliphatic carbocycles. The van der Waals surface area contributed by atoms with Gasteiger partial charge in [-0.2, -0.15) is 5.10 Å². The fourth-order valence-electron chi connectivity index (χ4n) is 1.15. The molecule has 0 radical (unpaired) electrons. The average Bonchev–Trinajstić information content (AvgIpc) is 2.50. The minimum Gasteiger partial charge on any atom is -0.394 e. The standard InChI is InChI=1S/C9H17N3O/c1-7(2)4-12-5-8(3-11-12)9(10)6-13/h3,5,7,9,13H,4,6,10H2,1-2H3/t9-/m1/s1. The monoisotopic (exact) mass is 183 g/mol. The van der Waals surface area contributed by atoms with Crippen LogP contribution in [0.25, 0.3) is 0 Å². The maximum Gasteiger partial charge on any atom is 0.0625 e. The zero-order valence-electron chi connectivity index (χ0n) is 8.14. The number of rotatable bonds is 4. The summed E-state index contributed by atoms with van der Waals surface area (Å²) in [5.74, 6) is 0.568. The Labute approximate surface area is 78.4 Å². The van der Waals surface area contributed by atoms with Gasteiger partial charge in [0.2, 0.25) is 0 Å². The predicted molar refractivity (Wildman–Crippen MR) is 51.1 cm³/mol. The van der Waals surface area contributed by atoms with Crippen LogP contribution in [0.5, 0.6) is 0 Å². The van der Waals surface area contributed by atoms with Gasteiger partial charge in [0, 0.05) is 18.3 Å². The Morgan fingerprint density at radius 1 is 1.62 bits per heavy atom. The molecule has 74 valence electrons. The van der Waals surface area contributed by atoms with Gasteiger partial charge < -0.3 is 10.8 Å². The van der Waals surface area contributed by atoms with E-state index in [0.717, 1.165) is 12.1 Å². The summed E-state index contributed by atoms with van der Waals surface area (Å²) in [4.78, 5) is 0. The summed E-state index contributed by atoms with van der Waals surface area (Å²) >= 11 is 0. The van der Waals surface area contributed by atoms with E-state index in [9.17, 15) is 0 Å². The van der Waals surface area contributed by atoms with Crippen LogP contribution in [-0.2, 0) is 6.54 Å². The number of aromatic nitrogens is 2. The van der Waals surface area contributed by atoms with Crippen LogP contribution in [-0.4, -0.2) is 21.5 Å². The maximum atomic E-state index is 8.82. The lowest BCUT2D eigenvalue weighted by molar-refractivity contribution is 0.268. The predicted octanol–water partition coefficient (Wildman–Crippen LogP) is 0.531. The first-order valence-electron chi connectivity index (χ1n) is 4.52. The van der Waals surface area contributed by atoms with E-state index < -0.39 is 0 Å². The highest BCUT2D eigenvalue weighted by Gasteiger charge is 2.07. The highest BCUT2D eigenvalue weighted by atomic mass is 16.3. The zero-order chi connectivity index (χ0) is 9.84. The van der Waals surface area contributed by atoms with Crippen molar-refractivity contribution in [2.45, 2.75) is 26.4 Å². The van der Waals surface area contributed by atoms with Crippen molar-refractivity contribution in [1.82, 2.24) is 9.78 Å². The molecule has 0 unspecified atom stereocenters. The summed E-state index contributed by atoms with van der Waals surface area (Å²) in [5, 5.41) is 13.0. The second-order valence-electron chi connectivity index (χ2n) is 3.68. The molecule has 0 aromatic carbocycles. The van der Waals surface area contributed by atoms with Crippen molar-refractivity contribution in [3.8, 4) is 0 Å². The second kappa shape index (κ2) is 4.39. The summed E-state index contributed by atoms with van der Waals surface area (Å²) in [6.07, 6.45) is 3.60. The van der Waals surface area contributed by atoms with Gasteiger partial charge in [-0.25, -0.2) is 0 Å². The van der Waals surface area contributed by atoms with E-state index in [-0.39, 0.29) is 12.6 Å². The third-order valence-corrected chi connectivity index (χ3v) is 1.83. The molecule has 0 spiro atoms. The van der Waals surface area contributed by atoms with E-state index in [2.05, 4.69) is 18.9 Å². The van der Waals surface area contributed by atoms with Crippen LogP contribution < -0.4 is 5.73 Å². The Bertz CT molecular complexity index is 257. The van der Waals surface area contributed by atoms with Crippen molar-refractivity contribution < 1.29 is 5.11 Å². The van der Waals surface area contributed by atoms with E-state index >= 15 is 0 Å². The molecule has 1 atom stereocenters. The average molecular weight is 183 g/mol. The smallest absolute Gasteiger partial charge is 0.0625 e. The van der Waals surface area contributed by atoms with Crippen molar-refractivity contribution in [1.29, 1.82) is 0 Å². The van der Waals surface area contributed by atoms with Gasteiger partial charge in [0.05, 0.1) is 18.8 Å². The lowest BCUT2D eigenvalue weighted by atomic mass is 10.2. The number of aliphatic hydroxyl groups excluding tert-OH is 1. The van der Waals surface area contributed by atoms with E-state index in [0.29, 0.717) is 5.92 Å². The molecule has 4 heteroatoms. The van der Waals surface area contributed by atoms with Gasteiger partial charge in [-0.15, -0.1) is 0 Å². The van der Waals surface area contributed by atoms with Gasteiger partial charge in [-0.1, -0.05) is 13.8 Å².